The zero-order valence-corrected chi connectivity index (χ0v) is 13.9. The minimum atomic E-state index is -0.403. The van der Waals surface area contributed by atoms with E-state index in [1.54, 1.807) is 19.2 Å². The summed E-state index contributed by atoms with van der Waals surface area (Å²) in [5, 5.41) is 0.991. The first kappa shape index (κ1) is 15.5. The summed E-state index contributed by atoms with van der Waals surface area (Å²) in [6.07, 6.45) is 0. The second-order valence-electron chi connectivity index (χ2n) is 5.60. The molecule has 0 unspecified atom stereocenters. The van der Waals surface area contributed by atoms with E-state index in [0.717, 1.165) is 16.8 Å². The van der Waals surface area contributed by atoms with E-state index in [9.17, 15) is 9.59 Å². The first-order chi connectivity index (χ1) is 10.9. The average molecular weight is 330 g/mol. The molecule has 2 aromatic heterocycles. The summed E-state index contributed by atoms with van der Waals surface area (Å²) in [6, 6.07) is 9.02. The third-order valence-electron chi connectivity index (χ3n) is 3.91. The van der Waals surface area contributed by atoms with Crippen LogP contribution < -0.4 is 11.2 Å². The van der Waals surface area contributed by atoms with Crippen molar-refractivity contribution in [1.29, 1.82) is 0 Å². The maximum atomic E-state index is 12.8. The van der Waals surface area contributed by atoms with Crippen LogP contribution in [0.25, 0.3) is 11.0 Å². The number of halogens is 1. The van der Waals surface area contributed by atoms with Gasteiger partial charge in [0.1, 0.15) is 5.65 Å². The maximum absolute atomic E-state index is 12.8. The number of hydrogen-bond acceptors (Lipinski definition) is 3. The van der Waals surface area contributed by atoms with Crippen LogP contribution in [0.15, 0.2) is 39.9 Å². The van der Waals surface area contributed by atoms with Crippen LogP contribution in [-0.2, 0) is 13.6 Å². The van der Waals surface area contributed by atoms with Crippen LogP contribution in [0.4, 0.5) is 0 Å². The topological polar surface area (TPSA) is 56.9 Å². The Morgan fingerprint density at radius 2 is 1.87 bits per heavy atom. The molecule has 0 amide bonds. The third kappa shape index (κ3) is 2.57. The normalized spacial score (nSPS) is 11.1. The van der Waals surface area contributed by atoms with Gasteiger partial charge in [0.15, 0.2) is 0 Å². The van der Waals surface area contributed by atoms with Gasteiger partial charge in [0, 0.05) is 17.8 Å². The molecule has 3 rings (SSSR count). The molecule has 0 spiro atoms. The highest BCUT2D eigenvalue weighted by atomic mass is 35.5. The number of pyridine rings is 1. The van der Waals surface area contributed by atoms with Gasteiger partial charge in [-0.05, 0) is 37.1 Å². The molecule has 0 saturated heterocycles. The summed E-state index contributed by atoms with van der Waals surface area (Å²) < 4.78 is 2.61. The van der Waals surface area contributed by atoms with Crippen molar-refractivity contribution in [2.75, 3.05) is 0 Å². The molecule has 0 bridgehead atoms. The van der Waals surface area contributed by atoms with Crippen LogP contribution in [0, 0.1) is 13.8 Å². The molecular formula is C17H16ClN3O2. The molecule has 0 fully saturated rings. The molecule has 1 aromatic carbocycles. The molecule has 5 nitrogen and oxygen atoms in total. The van der Waals surface area contributed by atoms with Gasteiger partial charge < -0.3 is 0 Å². The molecular weight excluding hydrogens is 314 g/mol. The van der Waals surface area contributed by atoms with Crippen molar-refractivity contribution in [2.45, 2.75) is 20.4 Å². The minimum absolute atomic E-state index is 0.133. The second-order valence-corrected chi connectivity index (χ2v) is 6.01. The fraction of sp³-hybridized carbons (Fsp3) is 0.235. The molecule has 0 aliphatic rings. The lowest BCUT2D eigenvalue weighted by atomic mass is 10.1. The molecule has 0 radical (unpaired) electrons. The third-order valence-corrected chi connectivity index (χ3v) is 4.28. The quantitative estimate of drug-likeness (QED) is 0.725. The summed E-state index contributed by atoms with van der Waals surface area (Å²) in [6.45, 7) is 3.82. The predicted octanol–water partition coefficient (Wildman–Crippen LogP) is 2.41. The zero-order chi connectivity index (χ0) is 16.7. The fourth-order valence-electron chi connectivity index (χ4n) is 2.75. The number of rotatable bonds is 2. The molecule has 2 heterocycles. The molecule has 0 aliphatic heterocycles. The van der Waals surface area contributed by atoms with E-state index in [1.165, 1.54) is 9.13 Å². The lowest BCUT2D eigenvalue weighted by Crippen LogP contribution is -2.40. The Labute approximate surface area is 137 Å². The Morgan fingerprint density at radius 1 is 1.17 bits per heavy atom. The van der Waals surface area contributed by atoms with Gasteiger partial charge in [-0.2, -0.15) is 0 Å². The van der Waals surface area contributed by atoms with Gasteiger partial charge in [-0.15, -0.1) is 0 Å². The van der Waals surface area contributed by atoms with Crippen LogP contribution in [0.1, 0.15) is 16.8 Å². The molecule has 0 N–H and O–H groups in total. The van der Waals surface area contributed by atoms with E-state index in [4.69, 9.17) is 11.6 Å². The Kier molecular flexibility index (Phi) is 3.82. The number of aromatic nitrogens is 3. The monoisotopic (exact) mass is 329 g/mol. The molecule has 23 heavy (non-hydrogen) atoms. The average Bonchev–Trinajstić information content (AvgIpc) is 2.50. The number of benzene rings is 1. The van der Waals surface area contributed by atoms with Crippen molar-refractivity contribution in [3.8, 4) is 0 Å². The van der Waals surface area contributed by atoms with Crippen LogP contribution in [-0.4, -0.2) is 14.1 Å². The zero-order valence-electron chi connectivity index (χ0n) is 13.1. The van der Waals surface area contributed by atoms with E-state index in [1.807, 2.05) is 32.0 Å². The van der Waals surface area contributed by atoms with Crippen molar-refractivity contribution < 1.29 is 0 Å². The van der Waals surface area contributed by atoms with Gasteiger partial charge in [-0.25, -0.2) is 9.78 Å². The first-order valence-electron chi connectivity index (χ1n) is 7.21. The van der Waals surface area contributed by atoms with Gasteiger partial charge >= 0.3 is 5.69 Å². The smallest absolute Gasteiger partial charge is 0.280 e. The molecule has 0 aliphatic carbocycles. The molecule has 6 heteroatoms. The van der Waals surface area contributed by atoms with Gasteiger partial charge in [0.2, 0.25) is 0 Å². The van der Waals surface area contributed by atoms with Crippen molar-refractivity contribution in [3.63, 3.8) is 0 Å². The lowest BCUT2D eigenvalue weighted by Gasteiger charge is -2.12. The molecule has 0 atom stereocenters. The lowest BCUT2D eigenvalue weighted by molar-refractivity contribution is 0.656. The number of aryl methyl sites for hydroxylation is 3. The summed E-state index contributed by atoms with van der Waals surface area (Å²) >= 11 is 6.15. The standard InChI is InChI=1S/C17H16ClN3O2/c1-10-8-11(2)19-15-14(10)16(22)21(17(23)20(15)3)9-12-6-4-5-7-13(12)18/h4-8H,9H2,1-3H3. The maximum Gasteiger partial charge on any atom is 0.332 e. The Bertz CT molecular complexity index is 1030. The highest BCUT2D eigenvalue weighted by Crippen LogP contribution is 2.16. The van der Waals surface area contributed by atoms with E-state index in [2.05, 4.69) is 4.98 Å². The molecule has 118 valence electrons. The van der Waals surface area contributed by atoms with Crippen molar-refractivity contribution >= 4 is 22.6 Å². The molecule has 0 saturated carbocycles. The highest BCUT2D eigenvalue weighted by molar-refractivity contribution is 6.31. The largest absolute Gasteiger partial charge is 0.332 e. The van der Waals surface area contributed by atoms with E-state index >= 15 is 0 Å². The number of hydrogen-bond donors (Lipinski definition) is 0. The van der Waals surface area contributed by atoms with Crippen molar-refractivity contribution in [1.82, 2.24) is 14.1 Å². The van der Waals surface area contributed by atoms with Crippen LogP contribution in [0.2, 0.25) is 5.02 Å². The van der Waals surface area contributed by atoms with Crippen LogP contribution in [0.3, 0.4) is 0 Å². The first-order valence-corrected chi connectivity index (χ1v) is 7.59. The van der Waals surface area contributed by atoms with Gasteiger partial charge in [0.05, 0.1) is 11.9 Å². The predicted molar refractivity (Wildman–Crippen MR) is 91.3 cm³/mol. The van der Waals surface area contributed by atoms with Gasteiger partial charge in [-0.3, -0.25) is 13.9 Å². The van der Waals surface area contributed by atoms with Gasteiger partial charge in [0.25, 0.3) is 5.56 Å². The van der Waals surface area contributed by atoms with Crippen LogP contribution in [0.5, 0.6) is 0 Å². The van der Waals surface area contributed by atoms with Crippen molar-refractivity contribution in [2.24, 2.45) is 7.05 Å². The summed E-state index contributed by atoms with van der Waals surface area (Å²) in [7, 11) is 1.62. The van der Waals surface area contributed by atoms with Crippen LogP contribution >= 0.6 is 11.6 Å². The van der Waals surface area contributed by atoms with Gasteiger partial charge in [-0.1, -0.05) is 29.8 Å². The Hall–Kier alpha value is -2.40. The summed E-state index contributed by atoms with van der Waals surface area (Å²) in [5.41, 5.74) is 1.97. The Balaban J connectivity index is 2.33. The minimum Gasteiger partial charge on any atom is -0.280 e. The highest BCUT2D eigenvalue weighted by Gasteiger charge is 2.15. The fourth-order valence-corrected chi connectivity index (χ4v) is 2.95. The second kappa shape index (κ2) is 5.66. The van der Waals surface area contributed by atoms with E-state index < -0.39 is 5.69 Å². The van der Waals surface area contributed by atoms with E-state index in [-0.39, 0.29) is 12.1 Å². The summed E-state index contributed by atoms with van der Waals surface area (Å²) in [4.78, 5) is 29.7. The number of nitrogens with zero attached hydrogens (tertiary/aromatic N) is 3. The number of fused-ring (bicyclic) bond motifs is 1. The Morgan fingerprint density at radius 3 is 2.57 bits per heavy atom. The molecule has 3 aromatic rings. The SMILES string of the molecule is Cc1cc(C)c2c(=O)n(Cc3ccccc3Cl)c(=O)n(C)c2n1. The van der Waals surface area contributed by atoms with Crippen molar-refractivity contribution in [3.05, 3.63) is 73.0 Å². The summed E-state index contributed by atoms with van der Waals surface area (Å²) in [5.74, 6) is 0. The van der Waals surface area contributed by atoms with E-state index in [0.29, 0.717) is 16.1 Å².